The number of rotatable bonds is 1. The Balaban J connectivity index is 2.67. The van der Waals surface area contributed by atoms with E-state index < -0.39 is 11.2 Å². The van der Waals surface area contributed by atoms with Crippen LogP contribution in [0.2, 0.25) is 0 Å². The molecule has 6 nitrogen and oxygen atoms in total. The van der Waals surface area contributed by atoms with Gasteiger partial charge in [-0.25, -0.2) is 0 Å². The fraction of sp³-hybridized carbons (Fsp3) is 0.0714. The van der Waals surface area contributed by atoms with Crippen molar-refractivity contribution in [2.45, 2.75) is 0 Å². The minimum Gasteiger partial charge on any atom is -0.504 e. The van der Waals surface area contributed by atoms with Crippen LogP contribution >= 0.6 is 0 Å². The Bertz CT molecular complexity index is 894. The van der Waals surface area contributed by atoms with Gasteiger partial charge in [0.15, 0.2) is 34.2 Å². The molecular formula is C14H10O6. The lowest BCUT2D eigenvalue weighted by atomic mass is 10.1. The molecule has 20 heavy (non-hydrogen) atoms. The van der Waals surface area contributed by atoms with Gasteiger partial charge in [-0.2, -0.15) is 0 Å². The fourth-order valence-corrected chi connectivity index (χ4v) is 2.18. The van der Waals surface area contributed by atoms with Crippen LogP contribution in [0.15, 0.2) is 33.5 Å². The third-order valence-corrected chi connectivity index (χ3v) is 3.07. The predicted octanol–water partition coefficient (Wildman–Crippen LogP) is 2.07. The van der Waals surface area contributed by atoms with Gasteiger partial charge in [-0.3, -0.25) is 4.79 Å². The number of hydrogen-bond donors (Lipinski definition) is 3. The van der Waals surface area contributed by atoms with Crippen molar-refractivity contribution in [2.75, 3.05) is 7.11 Å². The lowest BCUT2D eigenvalue weighted by Crippen LogP contribution is -2.04. The smallest absolute Gasteiger partial charge is 0.204 e. The van der Waals surface area contributed by atoms with Crippen LogP contribution in [0.5, 0.6) is 23.0 Å². The van der Waals surface area contributed by atoms with Crippen LogP contribution in [0.4, 0.5) is 0 Å². The quantitative estimate of drug-likeness (QED) is 0.587. The monoisotopic (exact) mass is 274 g/mol. The molecule has 0 amide bonds. The molecule has 2 aromatic carbocycles. The zero-order chi connectivity index (χ0) is 14.4. The molecule has 0 aliphatic heterocycles. The zero-order valence-corrected chi connectivity index (χ0v) is 10.4. The number of methoxy groups -OCH3 is 1. The summed E-state index contributed by atoms with van der Waals surface area (Å²) in [6.45, 7) is 0. The first-order valence-corrected chi connectivity index (χ1v) is 5.72. The molecule has 0 bridgehead atoms. The average Bonchev–Trinajstić information content (AvgIpc) is 2.41. The summed E-state index contributed by atoms with van der Waals surface area (Å²) in [6, 6.07) is 5.35. The van der Waals surface area contributed by atoms with Gasteiger partial charge < -0.3 is 24.5 Å². The molecule has 0 spiro atoms. The van der Waals surface area contributed by atoms with E-state index in [1.807, 2.05) is 0 Å². The molecule has 0 radical (unpaired) electrons. The average molecular weight is 274 g/mol. The van der Waals surface area contributed by atoms with Crippen LogP contribution in [0, 0.1) is 0 Å². The third-order valence-electron chi connectivity index (χ3n) is 3.07. The maximum absolute atomic E-state index is 12.5. The molecule has 0 atom stereocenters. The molecule has 0 saturated heterocycles. The highest BCUT2D eigenvalue weighted by molar-refractivity contribution is 5.98. The molecule has 3 rings (SSSR count). The van der Waals surface area contributed by atoms with E-state index >= 15 is 0 Å². The van der Waals surface area contributed by atoms with Crippen LogP contribution in [0.1, 0.15) is 0 Å². The molecule has 0 aliphatic rings. The van der Waals surface area contributed by atoms with E-state index in [9.17, 15) is 20.1 Å². The van der Waals surface area contributed by atoms with E-state index in [-0.39, 0.29) is 39.2 Å². The van der Waals surface area contributed by atoms with Gasteiger partial charge in [0.25, 0.3) is 0 Å². The van der Waals surface area contributed by atoms with Gasteiger partial charge in [-0.05, 0) is 12.1 Å². The second-order valence-electron chi connectivity index (χ2n) is 4.24. The molecule has 1 heterocycles. The Morgan fingerprint density at radius 1 is 1.05 bits per heavy atom. The van der Waals surface area contributed by atoms with Crippen molar-refractivity contribution < 1.29 is 24.5 Å². The van der Waals surface area contributed by atoms with Crippen molar-refractivity contribution in [1.29, 1.82) is 0 Å². The van der Waals surface area contributed by atoms with Crippen molar-refractivity contribution >= 4 is 21.9 Å². The standard InChI is InChI=1S/C14H10O6/c1-19-13-8(16)5-9(17)14-10(13)11(18)6-3-2-4-7(15)12(6)20-14/h2-5,15-17H,1H3. The van der Waals surface area contributed by atoms with Crippen LogP contribution in [-0.2, 0) is 0 Å². The van der Waals surface area contributed by atoms with Crippen LogP contribution < -0.4 is 10.2 Å². The number of phenols is 3. The largest absolute Gasteiger partial charge is 0.504 e. The van der Waals surface area contributed by atoms with Crippen LogP contribution in [0.25, 0.3) is 21.9 Å². The first kappa shape index (κ1) is 12.2. The SMILES string of the molecule is COc1c(O)cc(O)c2oc3c(O)cccc3c(=O)c12. The fourth-order valence-electron chi connectivity index (χ4n) is 2.18. The molecule has 6 heteroatoms. The summed E-state index contributed by atoms with van der Waals surface area (Å²) in [4.78, 5) is 12.5. The maximum Gasteiger partial charge on any atom is 0.204 e. The van der Waals surface area contributed by atoms with Crippen molar-refractivity contribution in [1.82, 2.24) is 0 Å². The topological polar surface area (TPSA) is 100 Å². The normalized spacial score (nSPS) is 11.1. The van der Waals surface area contributed by atoms with Gasteiger partial charge in [-0.15, -0.1) is 0 Å². The van der Waals surface area contributed by atoms with Crippen LogP contribution in [0.3, 0.4) is 0 Å². The van der Waals surface area contributed by atoms with Gasteiger partial charge in [0.05, 0.1) is 12.5 Å². The number of phenolic OH excluding ortho intramolecular Hbond substituents is 3. The van der Waals surface area contributed by atoms with Crippen molar-refractivity contribution in [3.8, 4) is 23.0 Å². The second-order valence-corrected chi connectivity index (χ2v) is 4.24. The van der Waals surface area contributed by atoms with Crippen LogP contribution in [-0.4, -0.2) is 22.4 Å². The molecular weight excluding hydrogens is 264 g/mol. The number of benzene rings is 2. The molecule has 0 aliphatic carbocycles. The Hall–Kier alpha value is -2.89. The Labute approximate surface area is 112 Å². The van der Waals surface area contributed by atoms with E-state index in [1.165, 1.54) is 25.3 Å². The van der Waals surface area contributed by atoms with Crippen molar-refractivity contribution in [2.24, 2.45) is 0 Å². The lowest BCUT2D eigenvalue weighted by Gasteiger charge is -2.09. The van der Waals surface area contributed by atoms with Crippen molar-refractivity contribution in [3.05, 3.63) is 34.5 Å². The Morgan fingerprint density at radius 2 is 1.80 bits per heavy atom. The summed E-state index contributed by atoms with van der Waals surface area (Å²) in [5.41, 5.74) is -0.702. The van der Waals surface area contributed by atoms with Gasteiger partial charge in [0.2, 0.25) is 5.43 Å². The summed E-state index contributed by atoms with van der Waals surface area (Å²) in [7, 11) is 1.29. The first-order valence-electron chi connectivity index (χ1n) is 5.72. The molecule has 3 N–H and O–H groups in total. The minimum absolute atomic E-state index is 0.0342. The number of ether oxygens (including phenoxy) is 1. The predicted molar refractivity (Wildman–Crippen MR) is 71.5 cm³/mol. The highest BCUT2D eigenvalue weighted by Gasteiger charge is 2.20. The maximum atomic E-state index is 12.5. The van der Waals surface area contributed by atoms with Gasteiger partial charge >= 0.3 is 0 Å². The van der Waals surface area contributed by atoms with Gasteiger partial charge in [0, 0.05) is 6.07 Å². The third kappa shape index (κ3) is 1.48. The van der Waals surface area contributed by atoms with E-state index in [0.29, 0.717) is 0 Å². The summed E-state index contributed by atoms with van der Waals surface area (Å²) >= 11 is 0. The Kier molecular flexibility index (Phi) is 2.47. The summed E-state index contributed by atoms with van der Waals surface area (Å²) in [6.07, 6.45) is 0. The molecule has 0 unspecified atom stereocenters. The van der Waals surface area contributed by atoms with Gasteiger partial charge in [-0.1, -0.05) is 6.07 Å². The molecule has 0 saturated carbocycles. The highest BCUT2D eigenvalue weighted by atomic mass is 16.5. The molecule has 3 aromatic rings. The van der Waals surface area contributed by atoms with E-state index in [4.69, 9.17) is 9.15 Å². The lowest BCUT2D eigenvalue weighted by molar-refractivity contribution is 0.373. The first-order chi connectivity index (χ1) is 9.54. The molecule has 0 fully saturated rings. The number of aromatic hydroxyl groups is 3. The number of fused-ring (bicyclic) bond motifs is 2. The number of para-hydroxylation sites is 1. The second kappa shape index (κ2) is 4.06. The Morgan fingerprint density at radius 3 is 2.50 bits per heavy atom. The van der Waals surface area contributed by atoms with E-state index in [0.717, 1.165) is 6.07 Å². The van der Waals surface area contributed by atoms with Crippen molar-refractivity contribution in [3.63, 3.8) is 0 Å². The van der Waals surface area contributed by atoms with E-state index in [2.05, 4.69) is 0 Å². The molecule has 1 aromatic heterocycles. The molecule has 102 valence electrons. The minimum atomic E-state index is -0.514. The summed E-state index contributed by atoms with van der Waals surface area (Å²) < 4.78 is 10.4. The summed E-state index contributed by atoms with van der Waals surface area (Å²) in [5, 5.41) is 29.3. The number of hydrogen-bond acceptors (Lipinski definition) is 6. The van der Waals surface area contributed by atoms with Gasteiger partial charge in [0.1, 0.15) is 5.39 Å². The summed E-state index contributed by atoms with van der Waals surface area (Å²) in [5.74, 6) is -1.09. The van der Waals surface area contributed by atoms with E-state index in [1.54, 1.807) is 0 Å². The highest BCUT2D eigenvalue weighted by Crippen LogP contribution is 2.40. The zero-order valence-electron chi connectivity index (χ0n) is 10.4.